The third kappa shape index (κ3) is 2.94. The maximum Gasteiger partial charge on any atom is 0.224 e. The molecule has 1 saturated carbocycles. The van der Waals surface area contributed by atoms with Gasteiger partial charge in [-0.3, -0.25) is 9.78 Å². The van der Waals surface area contributed by atoms with E-state index in [9.17, 15) is 9.90 Å². The number of nitrogens with zero attached hydrogens (tertiary/aromatic N) is 1. The number of aliphatic hydroxyl groups excluding tert-OH is 1. The lowest BCUT2D eigenvalue weighted by molar-refractivity contribution is -0.180. The Morgan fingerprint density at radius 3 is 2.67 bits per heavy atom. The number of amides is 1. The summed E-state index contributed by atoms with van der Waals surface area (Å²) < 4.78 is 5.68. The molecule has 2 atom stereocenters. The van der Waals surface area contributed by atoms with Crippen molar-refractivity contribution in [1.29, 1.82) is 0 Å². The molecule has 0 aliphatic heterocycles. The molecule has 0 radical (unpaired) electrons. The van der Waals surface area contributed by atoms with Gasteiger partial charge < -0.3 is 15.2 Å². The molecule has 1 heterocycles. The Balaban J connectivity index is 2.01. The molecule has 1 fully saturated rings. The summed E-state index contributed by atoms with van der Waals surface area (Å²) in [5.41, 5.74) is 0.0249. The van der Waals surface area contributed by atoms with Crippen LogP contribution in [-0.4, -0.2) is 40.9 Å². The van der Waals surface area contributed by atoms with Gasteiger partial charge in [-0.2, -0.15) is 0 Å². The number of nitrogens with one attached hydrogen (secondary N) is 1. The van der Waals surface area contributed by atoms with Crippen molar-refractivity contribution >= 4 is 5.91 Å². The van der Waals surface area contributed by atoms with Crippen LogP contribution in [0.25, 0.3) is 0 Å². The number of ether oxygens (including phenoxy) is 1. The number of hydrogen-bond donors (Lipinski definition) is 2. The van der Waals surface area contributed by atoms with E-state index in [4.69, 9.17) is 4.74 Å². The van der Waals surface area contributed by atoms with Crippen LogP contribution in [0.2, 0.25) is 0 Å². The molecule has 2 N–H and O–H groups in total. The molecule has 0 spiro atoms. The molecule has 2 unspecified atom stereocenters. The van der Waals surface area contributed by atoms with Gasteiger partial charge in [0.25, 0.3) is 0 Å². The average Bonchev–Trinajstić information content (AvgIpc) is 2.46. The Bertz CT molecular complexity index is 490. The van der Waals surface area contributed by atoms with Crippen LogP contribution in [0.1, 0.15) is 32.8 Å². The van der Waals surface area contributed by atoms with E-state index >= 15 is 0 Å². The molecule has 21 heavy (non-hydrogen) atoms. The molecule has 0 saturated heterocycles. The third-order valence-corrected chi connectivity index (χ3v) is 4.70. The lowest BCUT2D eigenvalue weighted by Gasteiger charge is -2.60. The van der Waals surface area contributed by atoms with Crippen LogP contribution in [0.3, 0.4) is 0 Å². The molecule has 0 aromatic carbocycles. The van der Waals surface area contributed by atoms with Gasteiger partial charge in [0.1, 0.15) is 0 Å². The summed E-state index contributed by atoms with van der Waals surface area (Å²) in [5, 5.41) is 12.8. The Labute approximate surface area is 125 Å². The Morgan fingerprint density at radius 1 is 1.48 bits per heavy atom. The predicted octanol–water partition coefficient (Wildman–Crippen LogP) is 1.31. The van der Waals surface area contributed by atoms with E-state index in [0.717, 1.165) is 5.56 Å². The highest BCUT2D eigenvalue weighted by Gasteiger charge is 2.61. The van der Waals surface area contributed by atoms with Crippen LogP contribution in [0.5, 0.6) is 0 Å². The van der Waals surface area contributed by atoms with Crippen molar-refractivity contribution < 1.29 is 14.6 Å². The SMILES string of the molecule is CCOC1CC(CO)(NC(=O)Cc2ccncc2)C1(C)C. The zero-order valence-corrected chi connectivity index (χ0v) is 12.9. The van der Waals surface area contributed by atoms with Gasteiger partial charge in [0.15, 0.2) is 0 Å². The van der Waals surface area contributed by atoms with Crippen LogP contribution >= 0.6 is 0 Å². The highest BCUT2D eigenvalue weighted by Crippen LogP contribution is 2.51. The topological polar surface area (TPSA) is 71.5 Å². The number of rotatable bonds is 6. The summed E-state index contributed by atoms with van der Waals surface area (Å²) in [5.74, 6) is -0.0849. The highest BCUT2D eigenvalue weighted by atomic mass is 16.5. The lowest BCUT2D eigenvalue weighted by atomic mass is 9.54. The van der Waals surface area contributed by atoms with E-state index in [1.165, 1.54) is 0 Å². The smallest absolute Gasteiger partial charge is 0.224 e. The van der Waals surface area contributed by atoms with Gasteiger partial charge in [0, 0.05) is 30.8 Å². The fourth-order valence-corrected chi connectivity index (χ4v) is 3.00. The van der Waals surface area contributed by atoms with Crippen molar-refractivity contribution in [2.45, 2.75) is 45.3 Å². The quantitative estimate of drug-likeness (QED) is 0.829. The minimum atomic E-state index is -0.600. The van der Waals surface area contributed by atoms with Crippen LogP contribution in [0, 0.1) is 5.41 Å². The largest absolute Gasteiger partial charge is 0.394 e. The molecular weight excluding hydrogens is 268 g/mol. The second-order valence-corrected chi connectivity index (χ2v) is 6.19. The van der Waals surface area contributed by atoms with Crippen molar-refractivity contribution in [2.75, 3.05) is 13.2 Å². The van der Waals surface area contributed by atoms with Gasteiger partial charge in [0.05, 0.1) is 24.7 Å². The minimum Gasteiger partial charge on any atom is -0.394 e. The van der Waals surface area contributed by atoms with Crippen LogP contribution in [-0.2, 0) is 16.0 Å². The van der Waals surface area contributed by atoms with E-state index in [-0.39, 0.29) is 24.0 Å². The summed E-state index contributed by atoms with van der Waals surface area (Å²) in [6.07, 6.45) is 4.34. The van der Waals surface area contributed by atoms with Crippen LogP contribution < -0.4 is 5.32 Å². The molecule has 2 rings (SSSR count). The van der Waals surface area contributed by atoms with Crippen molar-refractivity contribution in [3.8, 4) is 0 Å². The molecule has 1 aromatic heterocycles. The van der Waals surface area contributed by atoms with E-state index in [2.05, 4.69) is 10.3 Å². The first-order chi connectivity index (χ1) is 9.95. The Hall–Kier alpha value is -1.46. The van der Waals surface area contributed by atoms with Crippen molar-refractivity contribution in [1.82, 2.24) is 10.3 Å². The van der Waals surface area contributed by atoms with Gasteiger partial charge in [-0.25, -0.2) is 0 Å². The van der Waals surface area contributed by atoms with Crippen LogP contribution in [0.4, 0.5) is 0 Å². The predicted molar refractivity (Wildman–Crippen MR) is 79.7 cm³/mol. The fraction of sp³-hybridized carbons (Fsp3) is 0.625. The fourth-order valence-electron chi connectivity index (χ4n) is 3.00. The van der Waals surface area contributed by atoms with Crippen LogP contribution in [0.15, 0.2) is 24.5 Å². The number of hydrogen-bond acceptors (Lipinski definition) is 4. The van der Waals surface area contributed by atoms with Crippen molar-refractivity contribution in [3.63, 3.8) is 0 Å². The van der Waals surface area contributed by atoms with E-state index in [1.54, 1.807) is 12.4 Å². The Morgan fingerprint density at radius 2 is 2.14 bits per heavy atom. The van der Waals surface area contributed by atoms with Gasteiger partial charge in [-0.15, -0.1) is 0 Å². The second-order valence-electron chi connectivity index (χ2n) is 6.19. The monoisotopic (exact) mass is 292 g/mol. The molecule has 1 aliphatic rings. The standard InChI is InChI=1S/C16H24N2O3/c1-4-21-13-10-16(11-19,15(13,2)3)18-14(20)9-12-5-7-17-8-6-12/h5-8,13,19H,4,9-11H2,1-3H3,(H,18,20). The number of carbonyl (C=O) groups excluding carboxylic acids is 1. The van der Waals surface area contributed by atoms with Gasteiger partial charge in [-0.1, -0.05) is 13.8 Å². The third-order valence-electron chi connectivity index (χ3n) is 4.70. The first kappa shape index (κ1) is 15.9. The molecule has 116 valence electrons. The molecule has 5 nitrogen and oxygen atoms in total. The minimum absolute atomic E-state index is 0.0656. The first-order valence-corrected chi connectivity index (χ1v) is 7.37. The highest BCUT2D eigenvalue weighted by molar-refractivity contribution is 5.79. The maximum absolute atomic E-state index is 12.2. The lowest BCUT2D eigenvalue weighted by Crippen LogP contribution is -2.74. The van der Waals surface area contributed by atoms with E-state index in [0.29, 0.717) is 19.4 Å². The number of pyridine rings is 1. The maximum atomic E-state index is 12.2. The Kier molecular flexibility index (Phi) is 4.64. The zero-order chi connectivity index (χ0) is 15.5. The van der Waals surface area contributed by atoms with Crippen molar-refractivity contribution in [2.24, 2.45) is 5.41 Å². The zero-order valence-electron chi connectivity index (χ0n) is 12.9. The first-order valence-electron chi connectivity index (χ1n) is 7.37. The molecule has 1 aromatic rings. The second kappa shape index (κ2) is 6.12. The van der Waals surface area contributed by atoms with Gasteiger partial charge >= 0.3 is 0 Å². The normalized spacial score (nSPS) is 27.0. The summed E-state index contributed by atoms with van der Waals surface area (Å²) in [6.45, 7) is 6.57. The van der Waals surface area contributed by atoms with Gasteiger partial charge in [-0.05, 0) is 24.6 Å². The summed E-state index contributed by atoms with van der Waals surface area (Å²) in [7, 11) is 0. The van der Waals surface area contributed by atoms with Gasteiger partial charge in [0.2, 0.25) is 5.91 Å². The van der Waals surface area contributed by atoms with Crippen molar-refractivity contribution in [3.05, 3.63) is 30.1 Å². The molecule has 0 bridgehead atoms. The summed E-state index contributed by atoms with van der Waals surface area (Å²) in [6, 6.07) is 3.64. The number of carbonyl (C=O) groups is 1. The molecule has 1 amide bonds. The van der Waals surface area contributed by atoms with E-state index in [1.807, 2.05) is 32.9 Å². The number of aromatic nitrogens is 1. The van der Waals surface area contributed by atoms with E-state index < -0.39 is 5.54 Å². The number of aliphatic hydroxyl groups is 1. The molecule has 1 aliphatic carbocycles. The summed E-state index contributed by atoms with van der Waals surface area (Å²) >= 11 is 0. The molecular formula is C16H24N2O3. The molecule has 5 heteroatoms. The average molecular weight is 292 g/mol. The summed E-state index contributed by atoms with van der Waals surface area (Å²) in [4.78, 5) is 16.2.